The van der Waals surface area contributed by atoms with E-state index in [4.69, 9.17) is 11.6 Å². The number of carbonyl (C=O) groups is 2. The summed E-state index contributed by atoms with van der Waals surface area (Å²) in [5.74, 6) is 0. The van der Waals surface area contributed by atoms with Gasteiger partial charge >= 0.3 is 0 Å². The average Bonchev–Trinajstić information content (AvgIpc) is 3.07. The van der Waals surface area contributed by atoms with E-state index in [0.29, 0.717) is 11.6 Å². The molecule has 0 N–H and O–H groups in total. The fourth-order valence-corrected chi connectivity index (χ4v) is 4.17. The summed E-state index contributed by atoms with van der Waals surface area (Å²) in [4.78, 5) is 25.7. The van der Waals surface area contributed by atoms with E-state index in [1.807, 2.05) is 54.7 Å². The first-order valence-electron chi connectivity index (χ1n) is 7.85. The molecule has 1 fully saturated rings. The lowest BCUT2D eigenvalue weighted by atomic mass is 10.1. The molecular weight excluding hydrogens is 356 g/mol. The molecule has 0 saturated carbocycles. The third-order valence-electron chi connectivity index (χ3n) is 4.47. The molecule has 1 amide bonds. The zero-order valence-corrected chi connectivity index (χ0v) is 15.1. The fourth-order valence-electron chi connectivity index (χ4n) is 3.22. The molecule has 0 aliphatic carbocycles. The number of thioether (sulfide) groups is 1. The van der Waals surface area contributed by atoms with Crippen LogP contribution in [-0.2, 0) is 11.3 Å². The van der Waals surface area contributed by atoms with Crippen LogP contribution in [0.4, 0.5) is 4.79 Å². The van der Waals surface area contributed by atoms with Gasteiger partial charge < -0.3 is 9.47 Å². The van der Waals surface area contributed by atoms with Crippen LogP contribution >= 0.6 is 23.4 Å². The zero-order chi connectivity index (χ0) is 17.6. The number of benzene rings is 2. The third-order valence-corrected chi connectivity index (χ3v) is 5.61. The van der Waals surface area contributed by atoms with E-state index in [1.165, 1.54) is 4.90 Å². The number of halogens is 1. The Morgan fingerprint density at radius 1 is 1.08 bits per heavy atom. The van der Waals surface area contributed by atoms with Gasteiger partial charge in [-0.1, -0.05) is 41.9 Å². The van der Waals surface area contributed by atoms with Crippen molar-refractivity contribution in [2.24, 2.45) is 0 Å². The first-order valence-corrected chi connectivity index (χ1v) is 9.05. The van der Waals surface area contributed by atoms with Gasteiger partial charge in [0.15, 0.2) is 0 Å². The highest BCUT2D eigenvalue weighted by atomic mass is 35.5. The summed E-state index contributed by atoms with van der Waals surface area (Å²) < 4.78 is 2.11. The number of para-hydroxylation sites is 1. The van der Waals surface area contributed by atoms with Crippen LogP contribution in [-0.4, -0.2) is 26.9 Å². The van der Waals surface area contributed by atoms with Crippen molar-refractivity contribution in [3.8, 4) is 0 Å². The minimum absolute atomic E-state index is 0.123. The van der Waals surface area contributed by atoms with Crippen LogP contribution in [0.15, 0.2) is 54.7 Å². The number of amides is 1. The molecular formula is C19H15ClN2O2S. The third kappa shape index (κ3) is 2.83. The van der Waals surface area contributed by atoms with Crippen LogP contribution in [0.3, 0.4) is 0 Å². The van der Waals surface area contributed by atoms with Crippen LogP contribution in [0.1, 0.15) is 17.2 Å². The Labute approximate surface area is 154 Å². The zero-order valence-electron chi connectivity index (χ0n) is 13.5. The SMILES string of the molecule is CN1C(=O)SC(=O)C1c1cn(Cc2ccc(Cl)cc2)c2ccccc12. The molecule has 1 aromatic heterocycles. The van der Waals surface area contributed by atoms with Crippen LogP contribution in [0, 0.1) is 0 Å². The molecule has 4 rings (SSSR count). The lowest BCUT2D eigenvalue weighted by Crippen LogP contribution is -2.23. The van der Waals surface area contributed by atoms with Crippen LogP contribution in [0.2, 0.25) is 5.02 Å². The normalized spacial score (nSPS) is 17.7. The van der Waals surface area contributed by atoms with Gasteiger partial charge in [0.1, 0.15) is 6.04 Å². The van der Waals surface area contributed by atoms with Gasteiger partial charge in [-0.25, -0.2) is 0 Å². The number of fused-ring (bicyclic) bond motifs is 1. The first-order chi connectivity index (χ1) is 12.0. The van der Waals surface area contributed by atoms with Crippen molar-refractivity contribution in [1.29, 1.82) is 0 Å². The highest BCUT2D eigenvalue weighted by molar-refractivity contribution is 8.26. The topological polar surface area (TPSA) is 42.3 Å². The van der Waals surface area contributed by atoms with Gasteiger partial charge in [0.05, 0.1) is 0 Å². The lowest BCUT2D eigenvalue weighted by molar-refractivity contribution is -0.113. The van der Waals surface area contributed by atoms with E-state index in [9.17, 15) is 9.59 Å². The Bertz CT molecular complexity index is 981. The number of rotatable bonds is 3. The number of hydrogen-bond acceptors (Lipinski definition) is 3. The molecule has 2 aromatic carbocycles. The smallest absolute Gasteiger partial charge is 0.289 e. The minimum Gasteiger partial charge on any atom is -0.343 e. The van der Waals surface area contributed by atoms with Gasteiger partial charge in [-0.05, 0) is 23.8 Å². The molecule has 1 unspecified atom stereocenters. The summed E-state index contributed by atoms with van der Waals surface area (Å²) in [6, 6.07) is 15.1. The predicted molar refractivity (Wildman–Crippen MR) is 101 cm³/mol. The largest absolute Gasteiger partial charge is 0.343 e. The van der Waals surface area contributed by atoms with E-state index in [2.05, 4.69) is 4.57 Å². The van der Waals surface area contributed by atoms with Crippen molar-refractivity contribution in [3.63, 3.8) is 0 Å². The molecule has 126 valence electrons. The highest BCUT2D eigenvalue weighted by Crippen LogP contribution is 2.39. The maximum atomic E-state index is 12.3. The van der Waals surface area contributed by atoms with E-state index in [0.717, 1.165) is 33.8 Å². The van der Waals surface area contributed by atoms with Gasteiger partial charge in [-0.15, -0.1) is 0 Å². The van der Waals surface area contributed by atoms with E-state index >= 15 is 0 Å². The van der Waals surface area contributed by atoms with Crippen LogP contribution in [0.5, 0.6) is 0 Å². The molecule has 1 aliphatic rings. The summed E-state index contributed by atoms with van der Waals surface area (Å²) >= 11 is 6.74. The number of hydrogen-bond donors (Lipinski definition) is 0. The van der Waals surface area contributed by atoms with E-state index < -0.39 is 6.04 Å². The number of carbonyl (C=O) groups excluding carboxylic acids is 2. The van der Waals surface area contributed by atoms with E-state index in [1.54, 1.807) is 7.05 Å². The predicted octanol–water partition coefficient (Wildman–Crippen LogP) is 4.71. The molecule has 3 aromatic rings. The molecule has 4 nitrogen and oxygen atoms in total. The minimum atomic E-state index is -0.533. The maximum Gasteiger partial charge on any atom is 0.289 e. The molecule has 1 atom stereocenters. The number of aromatic nitrogens is 1. The van der Waals surface area contributed by atoms with Crippen LogP contribution < -0.4 is 0 Å². The van der Waals surface area contributed by atoms with Crippen LogP contribution in [0.25, 0.3) is 10.9 Å². The molecule has 25 heavy (non-hydrogen) atoms. The Morgan fingerprint density at radius 2 is 1.80 bits per heavy atom. The summed E-state index contributed by atoms with van der Waals surface area (Å²) in [5, 5.41) is 1.37. The Balaban J connectivity index is 1.80. The summed E-state index contributed by atoms with van der Waals surface area (Å²) in [6.45, 7) is 0.670. The van der Waals surface area contributed by atoms with E-state index in [-0.39, 0.29) is 10.4 Å². The highest BCUT2D eigenvalue weighted by Gasteiger charge is 2.39. The molecule has 2 heterocycles. The first kappa shape index (κ1) is 16.2. The number of likely N-dealkylation sites (N-methyl/N-ethyl adjacent to an activating group) is 1. The second-order valence-corrected chi connectivity index (χ2v) is 7.45. The quantitative estimate of drug-likeness (QED) is 0.670. The van der Waals surface area contributed by atoms with Gasteiger partial charge in [-0.2, -0.15) is 0 Å². The van der Waals surface area contributed by atoms with Crippen molar-refractivity contribution in [2.45, 2.75) is 12.6 Å². The van der Waals surface area contributed by atoms with Crippen molar-refractivity contribution in [2.75, 3.05) is 7.05 Å². The summed E-state index contributed by atoms with van der Waals surface area (Å²) in [5.41, 5.74) is 3.03. The van der Waals surface area contributed by atoms with Crippen molar-refractivity contribution in [3.05, 3.63) is 70.9 Å². The molecule has 1 saturated heterocycles. The second-order valence-electron chi connectivity index (χ2n) is 6.06. The lowest BCUT2D eigenvalue weighted by Gasteiger charge is -2.16. The molecule has 0 spiro atoms. The summed E-state index contributed by atoms with van der Waals surface area (Å²) in [6.07, 6.45) is 1.98. The summed E-state index contributed by atoms with van der Waals surface area (Å²) in [7, 11) is 1.68. The Kier molecular flexibility index (Phi) is 4.06. The van der Waals surface area contributed by atoms with Crippen molar-refractivity contribution < 1.29 is 9.59 Å². The molecule has 0 bridgehead atoms. The Hall–Kier alpha value is -2.24. The molecule has 1 aliphatic heterocycles. The molecule has 0 radical (unpaired) electrons. The Morgan fingerprint density at radius 3 is 2.48 bits per heavy atom. The average molecular weight is 371 g/mol. The molecule has 6 heteroatoms. The van der Waals surface area contributed by atoms with Gasteiger partial charge in [-0.3, -0.25) is 9.59 Å². The van der Waals surface area contributed by atoms with Crippen molar-refractivity contribution >= 4 is 44.6 Å². The maximum absolute atomic E-state index is 12.3. The fraction of sp³-hybridized carbons (Fsp3) is 0.158. The monoisotopic (exact) mass is 370 g/mol. The van der Waals surface area contributed by atoms with Gasteiger partial charge in [0, 0.05) is 53.0 Å². The van der Waals surface area contributed by atoms with Gasteiger partial charge in [0.25, 0.3) is 5.24 Å². The van der Waals surface area contributed by atoms with Gasteiger partial charge in [0.2, 0.25) is 5.12 Å². The van der Waals surface area contributed by atoms with Crippen molar-refractivity contribution in [1.82, 2.24) is 9.47 Å². The second kappa shape index (κ2) is 6.24. The standard InChI is InChI=1S/C19H15ClN2O2S/c1-21-17(18(23)25-19(21)24)15-11-22(16-5-3-2-4-14(15)16)10-12-6-8-13(20)9-7-12/h2-9,11,17H,10H2,1H3. The number of nitrogens with zero attached hydrogens (tertiary/aromatic N) is 2.